The molecule has 0 fully saturated rings. The van der Waals surface area contributed by atoms with E-state index in [0.29, 0.717) is 10.0 Å². The van der Waals surface area contributed by atoms with Gasteiger partial charge in [-0.25, -0.2) is 0 Å². The quantitative estimate of drug-likeness (QED) is 0.798. The van der Waals surface area contributed by atoms with E-state index in [2.05, 4.69) is 0 Å². The first-order valence-corrected chi connectivity index (χ1v) is 6.21. The van der Waals surface area contributed by atoms with Crippen molar-refractivity contribution in [2.45, 2.75) is 9.79 Å². The van der Waals surface area contributed by atoms with Gasteiger partial charge in [-0.15, -0.1) is 0 Å². The van der Waals surface area contributed by atoms with E-state index in [1.54, 1.807) is 6.07 Å². The summed E-state index contributed by atoms with van der Waals surface area (Å²) in [6.07, 6.45) is 0. The smallest absolute Gasteiger partial charge is 0.0560 e. The summed E-state index contributed by atoms with van der Waals surface area (Å²) >= 11 is 13.5. The fourth-order valence-corrected chi connectivity index (χ4v) is 2.64. The number of hydrogen-bond donors (Lipinski definition) is 1. The lowest BCUT2D eigenvalue weighted by molar-refractivity contribution is 1.41. The molecule has 82 valence electrons. The predicted octanol–water partition coefficient (Wildman–Crippen LogP) is 4.73. The van der Waals surface area contributed by atoms with Crippen LogP contribution < -0.4 is 5.73 Å². The van der Waals surface area contributed by atoms with E-state index in [1.165, 1.54) is 11.8 Å². The van der Waals surface area contributed by atoms with Gasteiger partial charge in [0.2, 0.25) is 0 Å². The summed E-state index contributed by atoms with van der Waals surface area (Å²) < 4.78 is 0. The molecule has 2 aromatic rings. The normalized spacial score (nSPS) is 10.4. The summed E-state index contributed by atoms with van der Waals surface area (Å²) in [4.78, 5) is 1.94. The summed E-state index contributed by atoms with van der Waals surface area (Å²) in [6.45, 7) is 0. The minimum atomic E-state index is 0.635. The van der Waals surface area contributed by atoms with Crippen LogP contribution in [0.1, 0.15) is 0 Å². The zero-order valence-electron chi connectivity index (χ0n) is 8.28. The van der Waals surface area contributed by atoms with E-state index in [4.69, 9.17) is 28.9 Å². The highest BCUT2D eigenvalue weighted by Crippen LogP contribution is 2.37. The molecule has 0 amide bonds. The van der Waals surface area contributed by atoms with Crippen molar-refractivity contribution < 1.29 is 0 Å². The van der Waals surface area contributed by atoms with Crippen LogP contribution in [0.5, 0.6) is 0 Å². The number of anilines is 1. The van der Waals surface area contributed by atoms with Gasteiger partial charge in [0.05, 0.1) is 5.02 Å². The highest BCUT2D eigenvalue weighted by atomic mass is 35.5. The summed E-state index contributed by atoms with van der Waals surface area (Å²) in [5, 5.41) is 1.27. The van der Waals surface area contributed by atoms with Crippen LogP contribution >= 0.6 is 35.0 Å². The molecule has 0 saturated heterocycles. The Morgan fingerprint density at radius 2 is 1.69 bits per heavy atom. The highest BCUT2D eigenvalue weighted by molar-refractivity contribution is 7.99. The largest absolute Gasteiger partial charge is 0.398 e. The van der Waals surface area contributed by atoms with Gasteiger partial charge in [-0.3, -0.25) is 0 Å². The van der Waals surface area contributed by atoms with E-state index in [0.717, 1.165) is 15.5 Å². The lowest BCUT2D eigenvalue weighted by Gasteiger charge is -2.06. The van der Waals surface area contributed by atoms with Gasteiger partial charge in [0.1, 0.15) is 0 Å². The molecule has 0 saturated carbocycles. The Hall–Kier alpha value is -0.830. The molecular weight excluding hydrogens is 261 g/mol. The molecule has 4 heteroatoms. The van der Waals surface area contributed by atoms with Gasteiger partial charge in [0.25, 0.3) is 0 Å². The predicted molar refractivity (Wildman–Crippen MR) is 71.4 cm³/mol. The third kappa shape index (κ3) is 2.64. The summed E-state index contributed by atoms with van der Waals surface area (Å²) in [6, 6.07) is 13.1. The van der Waals surface area contributed by atoms with Gasteiger partial charge in [0.15, 0.2) is 0 Å². The van der Waals surface area contributed by atoms with Gasteiger partial charge >= 0.3 is 0 Å². The molecule has 2 aromatic carbocycles. The molecule has 0 spiro atoms. The molecule has 2 rings (SSSR count). The van der Waals surface area contributed by atoms with Gasteiger partial charge in [-0.1, -0.05) is 47.1 Å². The Morgan fingerprint density at radius 3 is 2.38 bits per heavy atom. The molecule has 0 radical (unpaired) electrons. The number of nitrogens with two attached hydrogens (primary N) is 1. The maximum Gasteiger partial charge on any atom is 0.0560 e. The number of para-hydroxylation sites is 1. The monoisotopic (exact) mass is 269 g/mol. The Kier molecular flexibility index (Phi) is 3.64. The molecule has 0 heterocycles. The van der Waals surface area contributed by atoms with Crippen molar-refractivity contribution >= 4 is 40.7 Å². The van der Waals surface area contributed by atoms with E-state index >= 15 is 0 Å². The molecule has 0 aromatic heterocycles. The van der Waals surface area contributed by atoms with Crippen LogP contribution in [-0.4, -0.2) is 0 Å². The molecule has 0 aliphatic heterocycles. The van der Waals surface area contributed by atoms with Gasteiger partial charge in [0, 0.05) is 20.5 Å². The Labute approximate surface area is 109 Å². The average Bonchev–Trinajstić information content (AvgIpc) is 2.25. The minimum absolute atomic E-state index is 0.635. The molecule has 0 aliphatic rings. The topological polar surface area (TPSA) is 26.0 Å². The number of hydrogen-bond acceptors (Lipinski definition) is 2. The average molecular weight is 270 g/mol. The Morgan fingerprint density at radius 1 is 0.938 bits per heavy atom. The SMILES string of the molecule is Nc1ccccc1Sc1ccc(Cl)cc1Cl. The van der Waals surface area contributed by atoms with E-state index in [1.807, 2.05) is 36.4 Å². The summed E-state index contributed by atoms with van der Waals surface area (Å²) in [7, 11) is 0. The summed E-state index contributed by atoms with van der Waals surface area (Å²) in [5.74, 6) is 0. The van der Waals surface area contributed by atoms with Crippen molar-refractivity contribution in [3.05, 3.63) is 52.5 Å². The van der Waals surface area contributed by atoms with Crippen LogP contribution in [0.2, 0.25) is 10.0 Å². The van der Waals surface area contributed by atoms with Crippen LogP contribution in [-0.2, 0) is 0 Å². The fraction of sp³-hybridized carbons (Fsp3) is 0. The third-order valence-corrected chi connectivity index (χ3v) is 3.86. The first-order valence-electron chi connectivity index (χ1n) is 4.64. The first-order chi connectivity index (χ1) is 7.66. The van der Waals surface area contributed by atoms with Gasteiger partial charge < -0.3 is 5.73 Å². The second kappa shape index (κ2) is 5.00. The minimum Gasteiger partial charge on any atom is -0.398 e. The van der Waals surface area contributed by atoms with Crippen LogP contribution in [0.3, 0.4) is 0 Å². The standard InChI is InChI=1S/C12H9Cl2NS/c13-8-5-6-11(9(14)7-8)16-12-4-2-1-3-10(12)15/h1-7H,15H2. The van der Waals surface area contributed by atoms with Crippen molar-refractivity contribution in [3.8, 4) is 0 Å². The molecule has 0 atom stereocenters. The molecule has 1 nitrogen and oxygen atoms in total. The van der Waals surface area contributed by atoms with E-state index < -0.39 is 0 Å². The number of nitrogen functional groups attached to an aromatic ring is 1. The maximum absolute atomic E-state index is 6.09. The van der Waals surface area contributed by atoms with Crippen molar-refractivity contribution in [1.82, 2.24) is 0 Å². The Bertz CT molecular complexity index is 514. The van der Waals surface area contributed by atoms with E-state index in [9.17, 15) is 0 Å². The molecule has 2 N–H and O–H groups in total. The lowest BCUT2D eigenvalue weighted by atomic mass is 10.3. The van der Waals surface area contributed by atoms with Crippen molar-refractivity contribution in [3.63, 3.8) is 0 Å². The maximum atomic E-state index is 6.09. The third-order valence-electron chi connectivity index (χ3n) is 2.03. The second-order valence-corrected chi connectivity index (χ2v) is 5.14. The Balaban J connectivity index is 2.31. The molecule has 0 bridgehead atoms. The summed E-state index contributed by atoms with van der Waals surface area (Å²) in [5.41, 5.74) is 6.61. The van der Waals surface area contributed by atoms with Crippen LogP contribution in [0.15, 0.2) is 52.3 Å². The molecule has 0 unspecified atom stereocenters. The van der Waals surface area contributed by atoms with Crippen molar-refractivity contribution in [2.24, 2.45) is 0 Å². The van der Waals surface area contributed by atoms with Gasteiger partial charge in [-0.2, -0.15) is 0 Å². The van der Waals surface area contributed by atoms with Crippen LogP contribution in [0.4, 0.5) is 5.69 Å². The van der Waals surface area contributed by atoms with E-state index in [-0.39, 0.29) is 0 Å². The van der Waals surface area contributed by atoms with Crippen molar-refractivity contribution in [2.75, 3.05) is 5.73 Å². The number of benzene rings is 2. The molecule has 0 aliphatic carbocycles. The van der Waals surface area contributed by atoms with Crippen molar-refractivity contribution in [1.29, 1.82) is 0 Å². The second-order valence-electron chi connectivity index (χ2n) is 3.21. The van der Waals surface area contributed by atoms with Gasteiger partial charge in [-0.05, 0) is 30.3 Å². The first kappa shape index (κ1) is 11.6. The molecule has 16 heavy (non-hydrogen) atoms. The zero-order chi connectivity index (χ0) is 11.5. The lowest BCUT2D eigenvalue weighted by Crippen LogP contribution is -1.87. The number of rotatable bonds is 2. The molecular formula is C12H9Cl2NS. The number of halogens is 2. The highest BCUT2D eigenvalue weighted by Gasteiger charge is 2.05. The zero-order valence-corrected chi connectivity index (χ0v) is 10.6. The fourth-order valence-electron chi connectivity index (χ4n) is 1.25. The van der Waals surface area contributed by atoms with Crippen LogP contribution in [0.25, 0.3) is 0 Å². The van der Waals surface area contributed by atoms with Crippen LogP contribution in [0, 0.1) is 0 Å².